The Morgan fingerprint density at radius 2 is 1.95 bits per heavy atom. The van der Waals surface area contributed by atoms with Gasteiger partial charge in [-0.2, -0.15) is 0 Å². The number of rotatable bonds is 4. The maximum absolute atomic E-state index is 12.1. The number of nitrogens with one attached hydrogen (secondary N) is 2. The first-order valence-corrected chi connectivity index (χ1v) is 7.98. The molecule has 3 heteroatoms. The summed E-state index contributed by atoms with van der Waals surface area (Å²) >= 11 is 0. The van der Waals surface area contributed by atoms with E-state index in [4.69, 9.17) is 0 Å². The lowest BCUT2D eigenvalue weighted by Crippen LogP contribution is -2.34. The number of benzene rings is 1. The van der Waals surface area contributed by atoms with Gasteiger partial charge in [0.25, 0.3) is 5.56 Å². The maximum Gasteiger partial charge on any atom is 0.252 e. The van der Waals surface area contributed by atoms with Gasteiger partial charge < -0.3 is 10.3 Å². The lowest BCUT2D eigenvalue weighted by atomic mass is 9.76. The largest absolute Gasteiger partial charge is 0.322 e. The zero-order chi connectivity index (χ0) is 14.7. The number of H-pyrrole nitrogens is 1. The first-order chi connectivity index (χ1) is 10.2. The monoisotopic (exact) mass is 284 g/mol. The topological polar surface area (TPSA) is 44.9 Å². The lowest BCUT2D eigenvalue weighted by Gasteiger charge is -2.33. The van der Waals surface area contributed by atoms with Crippen molar-refractivity contribution in [1.29, 1.82) is 0 Å². The van der Waals surface area contributed by atoms with Crippen LogP contribution in [0, 0.1) is 5.41 Å². The molecule has 0 unspecified atom stereocenters. The van der Waals surface area contributed by atoms with E-state index in [-0.39, 0.29) is 5.56 Å². The minimum absolute atomic E-state index is 0.0231. The number of hydrogen-bond acceptors (Lipinski definition) is 2. The minimum atomic E-state index is 0.0231. The number of fused-ring (bicyclic) bond motifs is 1. The van der Waals surface area contributed by atoms with Crippen molar-refractivity contribution in [2.75, 3.05) is 6.54 Å². The van der Waals surface area contributed by atoms with Crippen LogP contribution >= 0.6 is 0 Å². The highest BCUT2D eigenvalue weighted by Gasteiger charge is 2.26. The van der Waals surface area contributed by atoms with Gasteiger partial charge in [-0.05, 0) is 35.8 Å². The first-order valence-electron chi connectivity index (χ1n) is 7.98. The van der Waals surface area contributed by atoms with Gasteiger partial charge in [-0.1, -0.05) is 44.4 Å². The summed E-state index contributed by atoms with van der Waals surface area (Å²) in [5, 5.41) is 4.59. The Labute approximate surface area is 125 Å². The van der Waals surface area contributed by atoms with Crippen LogP contribution in [-0.4, -0.2) is 11.5 Å². The van der Waals surface area contributed by atoms with E-state index in [0.29, 0.717) is 12.0 Å². The summed E-state index contributed by atoms with van der Waals surface area (Å²) in [6, 6.07) is 9.93. The van der Waals surface area contributed by atoms with Crippen molar-refractivity contribution in [3.63, 3.8) is 0 Å². The van der Waals surface area contributed by atoms with Crippen LogP contribution in [0.1, 0.15) is 44.6 Å². The van der Waals surface area contributed by atoms with Crippen LogP contribution in [0.3, 0.4) is 0 Å². The summed E-state index contributed by atoms with van der Waals surface area (Å²) in [7, 11) is 0. The summed E-state index contributed by atoms with van der Waals surface area (Å²) in [6.45, 7) is 4.01. The third kappa shape index (κ3) is 3.35. The van der Waals surface area contributed by atoms with Crippen LogP contribution in [0.25, 0.3) is 10.9 Å². The fraction of sp³-hybridized carbons (Fsp3) is 0.500. The Balaban J connectivity index is 1.67. The molecule has 2 aromatic rings. The summed E-state index contributed by atoms with van der Waals surface area (Å²) in [5.74, 6) is 0. The highest BCUT2D eigenvalue weighted by atomic mass is 16.1. The van der Waals surface area contributed by atoms with Gasteiger partial charge in [-0.15, -0.1) is 0 Å². The molecule has 0 atom stereocenters. The van der Waals surface area contributed by atoms with Crippen molar-refractivity contribution in [3.8, 4) is 0 Å². The molecule has 3 rings (SSSR count). The third-order valence-corrected chi connectivity index (χ3v) is 4.76. The standard InChI is InChI=1S/C18H24N2O/c1-18(9-5-2-6-10-18)13-19-12-15-11-14-7-3-4-8-16(14)20-17(15)21/h3-4,7-8,11,19H,2,5-6,9-10,12-13H2,1H3,(H,20,21). The summed E-state index contributed by atoms with van der Waals surface area (Å²) in [6.07, 6.45) is 6.66. The van der Waals surface area contributed by atoms with Crippen molar-refractivity contribution in [2.45, 2.75) is 45.6 Å². The molecule has 1 aromatic heterocycles. The zero-order valence-electron chi connectivity index (χ0n) is 12.7. The van der Waals surface area contributed by atoms with Gasteiger partial charge in [0.1, 0.15) is 0 Å². The molecule has 0 radical (unpaired) electrons. The van der Waals surface area contributed by atoms with E-state index in [2.05, 4.69) is 17.2 Å². The molecule has 0 spiro atoms. The molecule has 2 N–H and O–H groups in total. The molecule has 0 saturated heterocycles. The van der Waals surface area contributed by atoms with Crippen molar-refractivity contribution >= 4 is 10.9 Å². The second kappa shape index (κ2) is 6.02. The van der Waals surface area contributed by atoms with E-state index >= 15 is 0 Å². The Morgan fingerprint density at radius 1 is 1.19 bits per heavy atom. The van der Waals surface area contributed by atoms with Crippen LogP contribution in [0.5, 0.6) is 0 Å². The van der Waals surface area contributed by atoms with Gasteiger partial charge in [0.05, 0.1) is 0 Å². The minimum Gasteiger partial charge on any atom is -0.322 e. The van der Waals surface area contributed by atoms with Crippen LogP contribution in [0.2, 0.25) is 0 Å². The maximum atomic E-state index is 12.1. The zero-order valence-corrected chi connectivity index (χ0v) is 12.7. The number of aromatic amines is 1. The van der Waals surface area contributed by atoms with Gasteiger partial charge in [0.15, 0.2) is 0 Å². The summed E-state index contributed by atoms with van der Waals surface area (Å²) in [5.41, 5.74) is 2.16. The molecule has 0 bridgehead atoms. The molecule has 3 nitrogen and oxygen atoms in total. The van der Waals surface area contributed by atoms with Crippen LogP contribution < -0.4 is 10.9 Å². The highest BCUT2D eigenvalue weighted by molar-refractivity contribution is 5.78. The number of hydrogen-bond donors (Lipinski definition) is 2. The van der Waals surface area contributed by atoms with Crippen LogP contribution in [0.15, 0.2) is 35.1 Å². The van der Waals surface area contributed by atoms with Gasteiger partial charge in [0, 0.05) is 24.2 Å². The molecule has 112 valence electrons. The average molecular weight is 284 g/mol. The average Bonchev–Trinajstić information content (AvgIpc) is 2.48. The van der Waals surface area contributed by atoms with Crippen LogP contribution in [0.4, 0.5) is 0 Å². The van der Waals surface area contributed by atoms with E-state index in [0.717, 1.165) is 23.0 Å². The summed E-state index contributed by atoms with van der Waals surface area (Å²) in [4.78, 5) is 15.1. The number of pyridine rings is 1. The second-order valence-electron chi connectivity index (χ2n) is 6.69. The van der Waals surface area contributed by atoms with Crippen molar-refractivity contribution in [3.05, 3.63) is 46.2 Å². The van der Waals surface area contributed by atoms with Gasteiger partial charge in [-0.25, -0.2) is 0 Å². The number of aromatic nitrogens is 1. The lowest BCUT2D eigenvalue weighted by molar-refractivity contribution is 0.207. The SMILES string of the molecule is CC1(CNCc2cc3ccccc3[nH]c2=O)CCCCC1. The predicted octanol–water partition coefficient (Wildman–Crippen LogP) is 3.59. The Kier molecular flexibility index (Phi) is 4.11. The molecule has 1 aromatic carbocycles. The van der Waals surface area contributed by atoms with Gasteiger partial charge in [0.2, 0.25) is 0 Å². The fourth-order valence-corrected chi connectivity index (χ4v) is 3.40. The molecule has 1 fully saturated rings. The Morgan fingerprint density at radius 3 is 2.76 bits per heavy atom. The van der Waals surface area contributed by atoms with E-state index in [1.807, 2.05) is 30.3 Å². The highest BCUT2D eigenvalue weighted by Crippen LogP contribution is 2.34. The van der Waals surface area contributed by atoms with E-state index in [1.54, 1.807) is 0 Å². The quantitative estimate of drug-likeness (QED) is 0.901. The molecular formula is C18H24N2O. The van der Waals surface area contributed by atoms with E-state index in [1.165, 1.54) is 32.1 Å². The molecule has 0 aliphatic heterocycles. The second-order valence-corrected chi connectivity index (χ2v) is 6.69. The summed E-state index contributed by atoms with van der Waals surface area (Å²) < 4.78 is 0. The van der Waals surface area contributed by atoms with Crippen molar-refractivity contribution in [2.24, 2.45) is 5.41 Å². The van der Waals surface area contributed by atoms with Gasteiger partial charge >= 0.3 is 0 Å². The Hall–Kier alpha value is -1.61. The predicted molar refractivity (Wildman–Crippen MR) is 87.5 cm³/mol. The fourth-order valence-electron chi connectivity index (χ4n) is 3.40. The molecule has 0 amide bonds. The van der Waals surface area contributed by atoms with Crippen molar-refractivity contribution in [1.82, 2.24) is 10.3 Å². The smallest absolute Gasteiger partial charge is 0.252 e. The molecular weight excluding hydrogens is 260 g/mol. The van der Waals surface area contributed by atoms with Crippen LogP contribution in [-0.2, 0) is 6.54 Å². The molecule has 21 heavy (non-hydrogen) atoms. The van der Waals surface area contributed by atoms with E-state index < -0.39 is 0 Å². The molecule has 1 saturated carbocycles. The number of para-hydroxylation sites is 1. The van der Waals surface area contributed by atoms with E-state index in [9.17, 15) is 4.79 Å². The molecule has 1 heterocycles. The van der Waals surface area contributed by atoms with Crippen molar-refractivity contribution < 1.29 is 0 Å². The molecule has 1 aliphatic carbocycles. The molecule has 1 aliphatic rings. The first kappa shape index (κ1) is 14.3. The van der Waals surface area contributed by atoms with Gasteiger partial charge in [-0.3, -0.25) is 4.79 Å². The third-order valence-electron chi connectivity index (χ3n) is 4.76. The normalized spacial score (nSPS) is 18.0. The Bertz CT molecular complexity index is 668.